The summed E-state index contributed by atoms with van der Waals surface area (Å²) in [6.07, 6.45) is 0.986. The summed E-state index contributed by atoms with van der Waals surface area (Å²) in [5.41, 5.74) is 7.65. The zero-order chi connectivity index (χ0) is 11.8. The van der Waals surface area contributed by atoms with Gasteiger partial charge in [0.25, 0.3) is 0 Å². The summed E-state index contributed by atoms with van der Waals surface area (Å²) in [5, 5.41) is 10.3. The Morgan fingerprint density at radius 3 is 2.94 bits per heavy atom. The van der Waals surface area contributed by atoms with Crippen molar-refractivity contribution in [2.75, 3.05) is 18.0 Å². The van der Waals surface area contributed by atoms with Gasteiger partial charge in [-0.25, -0.2) is 0 Å². The molecule has 0 radical (unpaired) electrons. The van der Waals surface area contributed by atoms with Crippen LogP contribution in [0.5, 0.6) is 0 Å². The van der Waals surface area contributed by atoms with Crippen LogP contribution in [0.2, 0.25) is 0 Å². The standard InChI is InChI=1S/C13H14N4/c14-7-11-10-3-1-2-4-12(10)16-13(11)17-6-5-9(15)8-17/h1-4,9,16H,5-6,8,15H2/t9-/m0/s1. The second-order valence-corrected chi connectivity index (χ2v) is 4.50. The normalized spacial score (nSPS) is 19.8. The van der Waals surface area contributed by atoms with Gasteiger partial charge in [-0.3, -0.25) is 0 Å². The van der Waals surface area contributed by atoms with Crippen molar-refractivity contribution in [3.63, 3.8) is 0 Å². The highest BCUT2D eigenvalue weighted by Crippen LogP contribution is 2.29. The number of fused-ring (bicyclic) bond motifs is 1. The van der Waals surface area contributed by atoms with Gasteiger partial charge in [0.15, 0.2) is 0 Å². The highest BCUT2D eigenvalue weighted by molar-refractivity contribution is 5.91. The van der Waals surface area contributed by atoms with Gasteiger partial charge in [-0.15, -0.1) is 0 Å². The number of hydrogen-bond donors (Lipinski definition) is 2. The van der Waals surface area contributed by atoms with Crippen LogP contribution < -0.4 is 10.6 Å². The van der Waals surface area contributed by atoms with E-state index in [1.165, 1.54) is 0 Å². The maximum Gasteiger partial charge on any atom is 0.125 e. The molecule has 0 saturated carbocycles. The van der Waals surface area contributed by atoms with Gasteiger partial charge in [-0.05, 0) is 12.5 Å². The lowest BCUT2D eigenvalue weighted by Gasteiger charge is -2.16. The van der Waals surface area contributed by atoms with Crippen molar-refractivity contribution in [1.82, 2.24) is 4.98 Å². The Labute approximate surface area is 99.6 Å². The van der Waals surface area contributed by atoms with E-state index < -0.39 is 0 Å². The van der Waals surface area contributed by atoms with E-state index in [0.717, 1.165) is 41.8 Å². The Kier molecular flexibility index (Phi) is 2.27. The van der Waals surface area contributed by atoms with E-state index >= 15 is 0 Å². The van der Waals surface area contributed by atoms with Gasteiger partial charge in [0.05, 0.1) is 0 Å². The van der Waals surface area contributed by atoms with Gasteiger partial charge in [-0.2, -0.15) is 5.26 Å². The molecular weight excluding hydrogens is 212 g/mol. The third-order valence-electron chi connectivity index (χ3n) is 3.34. The summed E-state index contributed by atoms with van der Waals surface area (Å²) in [6.45, 7) is 1.74. The summed E-state index contributed by atoms with van der Waals surface area (Å²) >= 11 is 0. The molecule has 1 fully saturated rings. The molecule has 1 saturated heterocycles. The van der Waals surface area contributed by atoms with Crippen molar-refractivity contribution in [3.8, 4) is 6.07 Å². The summed E-state index contributed by atoms with van der Waals surface area (Å²) in [6, 6.07) is 10.4. The van der Waals surface area contributed by atoms with E-state index in [9.17, 15) is 5.26 Å². The zero-order valence-corrected chi connectivity index (χ0v) is 9.48. The average Bonchev–Trinajstić information content (AvgIpc) is 2.91. The number of aromatic amines is 1. The summed E-state index contributed by atoms with van der Waals surface area (Å²) in [4.78, 5) is 5.50. The van der Waals surface area contributed by atoms with Crippen LogP contribution in [0.3, 0.4) is 0 Å². The van der Waals surface area contributed by atoms with Crippen LogP contribution in [0.15, 0.2) is 24.3 Å². The molecule has 1 aromatic carbocycles. The Hall–Kier alpha value is -1.99. The average molecular weight is 226 g/mol. The first-order valence-electron chi connectivity index (χ1n) is 5.81. The highest BCUT2D eigenvalue weighted by atomic mass is 15.2. The number of nitrogens with one attached hydrogen (secondary N) is 1. The number of hydrogen-bond acceptors (Lipinski definition) is 3. The van der Waals surface area contributed by atoms with E-state index in [0.29, 0.717) is 0 Å². The number of nitriles is 1. The van der Waals surface area contributed by atoms with Crippen LogP contribution in [0, 0.1) is 11.3 Å². The van der Waals surface area contributed by atoms with Gasteiger partial charge in [0.2, 0.25) is 0 Å². The predicted octanol–water partition coefficient (Wildman–Crippen LogP) is 1.58. The number of H-pyrrole nitrogens is 1. The van der Waals surface area contributed by atoms with Crippen LogP contribution in [-0.4, -0.2) is 24.1 Å². The summed E-state index contributed by atoms with van der Waals surface area (Å²) < 4.78 is 0. The van der Waals surface area contributed by atoms with E-state index in [2.05, 4.69) is 16.0 Å². The van der Waals surface area contributed by atoms with Crippen molar-refractivity contribution in [3.05, 3.63) is 29.8 Å². The third kappa shape index (κ3) is 1.56. The highest BCUT2D eigenvalue weighted by Gasteiger charge is 2.23. The van der Waals surface area contributed by atoms with Gasteiger partial charge in [0.1, 0.15) is 17.5 Å². The van der Waals surface area contributed by atoms with Crippen molar-refractivity contribution in [2.45, 2.75) is 12.5 Å². The number of nitrogens with zero attached hydrogens (tertiary/aromatic N) is 2. The Balaban J connectivity index is 2.13. The molecule has 0 spiro atoms. The molecule has 0 bridgehead atoms. The van der Waals surface area contributed by atoms with Crippen molar-refractivity contribution in [1.29, 1.82) is 5.26 Å². The predicted molar refractivity (Wildman–Crippen MR) is 67.8 cm³/mol. The molecule has 4 heteroatoms. The SMILES string of the molecule is N#Cc1c(N2CC[C@H](N)C2)[nH]c2ccccc12. The minimum absolute atomic E-state index is 0.216. The lowest BCUT2D eigenvalue weighted by Crippen LogP contribution is -2.26. The molecule has 2 heterocycles. The second kappa shape index (κ2) is 3.79. The Morgan fingerprint density at radius 1 is 1.41 bits per heavy atom. The minimum atomic E-state index is 0.216. The first-order valence-corrected chi connectivity index (χ1v) is 5.81. The maximum atomic E-state index is 9.30. The molecule has 1 aromatic heterocycles. The number of nitrogens with two attached hydrogens (primary N) is 1. The van der Waals surface area contributed by atoms with Crippen LogP contribution in [0.25, 0.3) is 10.9 Å². The fourth-order valence-electron chi connectivity index (χ4n) is 2.47. The molecule has 0 amide bonds. The number of benzene rings is 1. The number of aromatic nitrogens is 1. The molecule has 1 aliphatic rings. The Morgan fingerprint density at radius 2 is 2.24 bits per heavy atom. The van der Waals surface area contributed by atoms with Crippen molar-refractivity contribution in [2.24, 2.45) is 5.73 Å². The molecule has 1 atom stereocenters. The monoisotopic (exact) mass is 226 g/mol. The van der Waals surface area contributed by atoms with E-state index in [1.807, 2.05) is 24.3 Å². The minimum Gasteiger partial charge on any atom is -0.355 e. The fraction of sp³-hybridized carbons (Fsp3) is 0.308. The molecule has 3 rings (SSSR count). The van der Waals surface area contributed by atoms with Gasteiger partial charge >= 0.3 is 0 Å². The van der Waals surface area contributed by atoms with Crippen LogP contribution >= 0.6 is 0 Å². The van der Waals surface area contributed by atoms with Crippen LogP contribution in [0.4, 0.5) is 5.82 Å². The molecule has 17 heavy (non-hydrogen) atoms. The quantitative estimate of drug-likeness (QED) is 0.775. The topological polar surface area (TPSA) is 68.8 Å². The maximum absolute atomic E-state index is 9.30. The van der Waals surface area contributed by atoms with Gasteiger partial charge < -0.3 is 15.6 Å². The van der Waals surface area contributed by atoms with Crippen molar-refractivity contribution >= 4 is 16.7 Å². The van der Waals surface area contributed by atoms with Gasteiger partial charge in [-0.1, -0.05) is 18.2 Å². The first kappa shape index (κ1) is 10.2. The first-order chi connectivity index (χ1) is 8.29. The largest absolute Gasteiger partial charge is 0.355 e. The smallest absolute Gasteiger partial charge is 0.125 e. The van der Waals surface area contributed by atoms with Gasteiger partial charge in [0, 0.05) is 30.0 Å². The summed E-state index contributed by atoms with van der Waals surface area (Å²) in [7, 11) is 0. The molecule has 0 aliphatic carbocycles. The number of para-hydroxylation sites is 1. The molecule has 2 aromatic rings. The summed E-state index contributed by atoms with van der Waals surface area (Å²) in [5.74, 6) is 0.918. The van der Waals surface area contributed by atoms with E-state index in [1.54, 1.807) is 0 Å². The lowest BCUT2D eigenvalue weighted by molar-refractivity contribution is 0.751. The number of rotatable bonds is 1. The third-order valence-corrected chi connectivity index (χ3v) is 3.34. The van der Waals surface area contributed by atoms with Crippen molar-refractivity contribution < 1.29 is 0 Å². The van der Waals surface area contributed by atoms with E-state index in [4.69, 9.17) is 5.73 Å². The molecule has 86 valence electrons. The fourth-order valence-corrected chi connectivity index (χ4v) is 2.47. The molecule has 0 unspecified atom stereocenters. The van der Waals surface area contributed by atoms with E-state index in [-0.39, 0.29) is 6.04 Å². The number of anilines is 1. The molecule has 3 N–H and O–H groups in total. The molecular formula is C13H14N4. The lowest BCUT2D eigenvalue weighted by atomic mass is 10.2. The van der Waals surface area contributed by atoms with Crippen LogP contribution in [0.1, 0.15) is 12.0 Å². The van der Waals surface area contributed by atoms with Crippen LogP contribution in [-0.2, 0) is 0 Å². The molecule has 4 nitrogen and oxygen atoms in total. The Bertz CT molecular complexity index is 593. The second-order valence-electron chi connectivity index (χ2n) is 4.50. The zero-order valence-electron chi connectivity index (χ0n) is 9.48. The molecule has 1 aliphatic heterocycles.